The fraction of sp³-hybridized carbons (Fsp3) is 0.412. The molecule has 0 aliphatic carbocycles. The molecule has 1 aromatic carbocycles. The minimum absolute atomic E-state index is 0.0158. The van der Waals surface area contributed by atoms with Gasteiger partial charge in [0.1, 0.15) is 5.01 Å². The number of nitrogens with zero attached hydrogens (tertiary/aromatic N) is 3. The van der Waals surface area contributed by atoms with Gasteiger partial charge in [-0.2, -0.15) is 5.10 Å². The predicted molar refractivity (Wildman–Crippen MR) is 90.4 cm³/mol. The zero-order valence-corrected chi connectivity index (χ0v) is 14.5. The van der Waals surface area contributed by atoms with E-state index in [1.54, 1.807) is 15.9 Å². The Bertz CT molecular complexity index is 840. The van der Waals surface area contributed by atoms with Crippen molar-refractivity contribution in [2.75, 3.05) is 0 Å². The van der Waals surface area contributed by atoms with E-state index in [0.29, 0.717) is 0 Å². The molecule has 0 aliphatic heterocycles. The van der Waals surface area contributed by atoms with E-state index in [2.05, 4.69) is 57.9 Å². The Hall–Kier alpha value is -1.72. The highest BCUT2D eigenvalue weighted by molar-refractivity contribution is 7.16. The number of hydrogen-bond donors (Lipinski definition) is 1. The molecule has 0 atom stereocenters. The number of aliphatic hydroxyl groups is 1. The van der Waals surface area contributed by atoms with Crippen LogP contribution in [0.5, 0.6) is 0 Å². The van der Waals surface area contributed by atoms with Crippen LogP contribution in [-0.4, -0.2) is 19.7 Å². The van der Waals surface area contributed by atoms with Crippen LogP contribution < -0.4 is 0 Å². The second kappa shape index (κ2) is 5.18. The number of rotatable bonds is 2. The summed E-state index contributed by atoms with van der Waals surface area (Å²) < 4.78 is 1.79. The van der Waals surface area contributed by atoms with Crippen molar-refractivity contribution in [3.05, 3.63) is 40.0 Å². The first-order chi connectivity index (χ1) is 10.3. The molecular formula is C17H21N3OS. The largest absolute Gasteiger partial charge is 0.390 e. The van der Waals surface area contributed by atoms with Crippen molar-refractivity contribution in [2.24, 2.45) is 0 Å². The lowest BCUT2D eigenvalue weighted by molar-refractivity contribution is 0.274. The summed E-state index contributed by atoms with van der Waals surface area (Å²) in [6.45, 7) is 10.5. The van der Waals surface area contributed by atoms with Gasteiger partial charge in [-0.15, -0.1) is 0 Å². The van der Waals surface area contributed by atoms with Crippen molar-refractivity contribution in [3.8, 4) is 11.3 Å². The van der Waals surface area contributed by atoms with Gasteiger partial charge in [0.25, 0.3) is 0 Å². The van der Waals surface area contributed by atoms with Crippen LogP contribution in [-0.2, 0) is 12.0 Å². The number of aryl methyl sites for hydroxylation is 2. The Kier molecular flexibility index (Phi) is 3.57. The van der Waals surface area contributed by atoms with E-state index in [1.807, 2.05) is 0 Å². The Labute approximate surface area is 134 Å². The van der Waals surface area contributed by atoms with Crippen molar-refractivity contribution in [1.29, 1.82) is 0 Å². The predicted octanol–water partition coefficient (Wildman–Crippen LogP) is 3.86. The van der Waals surface area contributed by atoms with E-state index >= 15 is 0 Å². The molecule has 3 rings (SSSR count). The van der Waals surface area contributed by atoms with Crippen molar-refractivity contribution in [3.63, 3.8) is 0 Å². The maximum atomic E-state index is 9.83. The molecule has 1 N–H and O–H groups in total. The maximum Gasteiger partial charge on any atom is 0.213 e. The first-order valence-electron chi connectivity index (χ1n) is 7.38. The molecule has 0 saturated heterocycles. The van der Waals surface area contributed by atoms with Gasteiger partial charge in [0.15, 0.2) is 0 Å². The molecule has 2 aromatic heterocycles. The van der Waals surface area contributed by atoms with Crippen LogP contribution in [0.15, 0.2) is 18.2 Å². The minimum atomic E-state index is -0.0723. The molecule has 0 amide bonds. The van der Waals surface area contributed by atoms with Crippen molar-refractivity contribution < 1.29 is 5.11 Å². The monoisotopic (exact) mass is 315 g/mol. The SMILES string of the molecule is Cc1ccc(-c2nc3sc(C(C)(C)C)nn3c2CO)c(C)c1. The average Bonchev–Trinajstić information content (AvgIpc) is 2.95. The second-order valence-corrected chi connectivity index (χ2v) is 7.69. The fourth-order valence-electron chi connectivity index (χ4n) is 2.53. The van der Waals surface area contributed by atoms with Crippen LogP contribution in [0, 0.1) is 13.8 Å². The lowest BCUT2D eigenvalue weighted by Gasteiger charge is -2.13. The van der Waals surface area contributed by atoms with Gasteiger partial charge in [0, 0.05) is 11.0 Å². The van der Waals surface area contributed by atoms with Gasteiger partial charge in [0.05, 0.1) is 18.0 Å². The number of aliphatic hydroxyl groups excluding tert-OH is 1. The van der Waals surface area contributed by atoms with Crippen LogP contribution in [0.2, 0.25) is 0 Å². The summed E-state index contributed by atoms with van der Waals surface area (Å²) in [6.07, 6.45) is 0. The number of benzene rings is 1. The zero-order valence-electron chi connectivity index (χ0n) is 13.6. The van der Waals surface area contributed by atoms with Crippen LogP contribution >= 0.6 is 11.3 Å². The average molecular weight is 315 g/mol. The van der Waals surface area contributed by atoms with Gasteiger partial charge in [-0.3, -0.25) is 0 Å². The van der Waals surface area contributed by atoms with Crippen LogP contribution in [0.25, 0.3) is 16.2 Å². The van der Waals surface area contributed by atoms with Crippen molar-refractivity contribution in [1.82, 2.24) is 14.6 Å². The molecule has 5 heteroatoms. The van der Waals surface area contributed by atoms with Crippen molar-refractivity contribution >= 4 is 16.3 Å². The summed E-state index contributed by atoms with van der Waals surface area (Å²) in [5.41, 5.74) is 5.02. The molecule has 0 bridgehead atoms. The number of hydrogen-bond acceptors (Lipinski definition) is 4. The summed E-state index contributed by atoms with van der Waals surface area (Å²) in [5.74, 6) is 0. The second-order valence-electron chi connectivity index (χ2n) is 6.74. The van der Waals surface area contributed by atoms with E-state index in [4.69, 9.17) is 4.98 Å². The molecule has 22 heavy (non-hydrogen) atoms. The highest BCUT2D eigenvalue weighted by atomic mass is 32.1. The fourth-order valence-corrected chi connectivity index (χ4v) is 3.51. The van der Waals surface area contributed by atoms with Gasteiger partial charge in [-0.1, -0.05) is 55.9 Å². The van der Waals surface area contributed by atoms with E-state index < -0.39 is 0 Å². The van der Waals surface area contributed by atoms with E-state index in [9.17, 15) is 5.11 Å². The standard InChI is InChI=1S/C17H21N3OS/c1-10-6-7-12(11(2)8-10)14-13(9-21)20-16(18-14)22-15(19-20)17(3,4)5/h6-8,21H,9H2,1-5H3. The zero-order chi connectivity index (χ0) is 16.1. The van der Waals surface area contributed by atoms with Gasteiger partial charge in [0.2, 0.25) is 4.96 Å². The summed E-state index contributed by atoms with van der Waals surface area (Å²) >= 11 is 1.59. The van der Waals surface area contributed by atoms with Crippen LogP contribution in [0.1, 0.15) is 42.6 Å². The molecule has 0 spiro atoms. The molecule has 0 aliphatic rings. The topological polar surface area (TPSA) is 50.4 Å². The molecule has 2 heterocycles. The Balaban J connectivity index is 2.21. The van der Waals surface area contributed by atoms with Gasteiger partial charge < -0.3 is 5.11 Å². The molecule has 0 unspecified atom stereocenters. The van der Waals surface area contributed by atoms with E-state index in [1.165, 1.54) is 5.56 Å². The van der Waals surface area contributed by atoms with E-state index in [0.717, 1.165) is 32.5 Å². The van der Waals surface area contributed by atoms with Crippen LogP contribution in [0.3, 0.4) is 0 Å². The first-order valence-corrected chi connectivity index (χ1v) is 8.20. The molecule has 3 aromatic rings. The quantitative estimate of drug-likeness (QED) is 0.781. The smallest absolute Gasteiger partial charge is 0.213 e. The van der Waals surface area contributed by atoms with Crippen LogP contribution in [0.4, 0.5) is 0 Å². The van der Waals surface area contributed by atoms with Gasteiger partial charge in [-0.25, -0.2) is 9.50 Å². The number of fused-ring (bicyclic) bond motifs is 1. The summed E-state index contributed by atoms with van der Waals surface area (Å²) in [5, 5.41) is 15.5. The molecular weight excluding hydrogens is 294 g/mol. The van der Waals surface area contributed by atoms with Gasteiger partial charge >= 0.3 is 0 Å². The maximum absolute atomic E-state index is 9.83. The molecule has 0 radical (unpaired) electrons. The number of imidazole rings is 1. The lowest BCUT2D eigenvalue weighted by atomic mass is 9.98. The minimum Gasteiger partial charge on any atom is -0.390 e. The Morgan fingerprint density at radius 1 is 1.23 bits per heavy atom. The molecule has 0 saturated carbocycles. The normalized spacial score (nSPS) is 12.3. The lowest BCUT2D eigenvalue weighted by Crippen LogP contribution is -2.11. The Morgan fingerprint density at radius 3 is 2.55 bits per heavy atom. The summed E-state index contributed by atoms with van der Waals surface area (Å²) in [4.78, 5) is 5.57. The third-order valence-electron chi connectivity index (χ3n) is 3.72. The van der Waals surface area contributed by atoms with E-state index in [-0.39, 0.29) is 12.0 Å². The molecule has 116 valence electrons. The number of aromatic nitrogens is 3. The van der Waals surface area contributed by atoms with Crippen molar-refractivity contribution in [2.45, 2.75) is 46.6 Å². The molecule has 0 fully saturated rings. The summed E-state index contributed by atoms with van der Waals surface area (Å²) in [7, 11) is 0. The molecule has 4 nitrogen and oxygen atoms in total. The third-order valence-corrected chi connectivity index (χ3v) is 5.06. The first kappa shape index (κ1) is 15.2. The Morgan fingerprint density at radius 2 is 1.95 bits per heavy atom. The highest BCUT2D eigenvalue weighted by Gasteiger charge is 2.23. The highest BCUT2D eigenvalue weighted by Crippen LogP contribution is 2.33. The summed E-state index contributed by atoms with van der Waals surface area (Å²) in [6, 6.07) is 6.28. The van der Waals surface area contributed by atoms with Gasteiger partial charge in [-0.05, 0) is 19.4 Å². The third kappa shape index (κ3) is 2.44.